The Labute approximate surface area is 124 Å². The third kappa shape index (κ3) is 2.69. The number of rotatable bonds is 4. The summed E-state index contributed by atoms with van der Waals surface area (Å²) in [5.74, 6) is -0.763. The highest BCUT2D eigenvalue weighted by Crippen LogP contribution is 2.32. The van der Waals surface area contributed by atoms with E-state index in [2.05, 4.69) is 21.2 Å². The number of hydrogen-bond donors (Lipinski definition) is 1. The lowest BCUT2D eigenvalue weighted by atomic mass is 9.97. The van der Waals surface area contributed by atoms with Crippen LogP contribution in [0.15, 0.2) is 40.9 Å². The predicted molar refractivity (Wildman–Crippen MR) is 78.0 cm³/mol. The van der Waals surface area contributed by atoms with Gasteiger partial charge in [0.15, 0.2) is 11.6 Å². The summed E-state index contributed by atoms with van der Waals surface area (Å²) >= 11 is 3.14. The van der Waals surface area contributed by atoms with Crippen molar-refractivity contribution in [1.82, 2.24) is 5.32 Å². The molecule has 1 unspecified atom stereocenters. The first-order valence-corrected chi connectivity index (χ1v) is 6.83. The fourth-order valence-corrected chi connectivity index (χ4v) is 2.51. The zero-order valence-corrected chi connectivity index (χ0v) is 12.7. The fourth-order valence-electron chi connectivity index (χ4n) is 2.13. The molecule has 0 amide bonds. The zero-order valence-electron chi connectivity index (χ0n) is 11.1. The molecule has 0 saturated heterocycles. The monoisotopic (exact) mass is 341 g/mol. The zero-order chi connectivity index (χ0) is 14.7. The molecule has 0 bridgehead atoms. The number of hydrogen-bond acceptors (Lipinski definition) is 2. The van der Waals surface area contributed by atoms with E-state index in [0.717, 1.165) is 0 Å². The van der Waals surface area contributed by atoms with Gasteiger partial charge in [0.05, 0.1) is 17.6 Å². The van der Waals surface area contributed by atoms with Crippen LogP contribution in [0.25, 0.3) is 0 Å². The third-order valence-corrected chi connectivity index (χ3v) is 3.72. The minimum atomic E-state index is -0.595. The second-order valence-electron chi connectivity index (χ2n) is 4.23. The van der Waals surface area contributed by atoms with Gasteiger partial charge in [-0.3, -0.25) is 0 Å². The van der Waals surface area contributed by atoms with Gasteiger partial charge in [-0.25, -0.2) is 8.78 Å². The van der Waals surface area contributed by atoms with Crippen LogP contribution in [0.1, 0.15) is 17.2 Å². The van der Waals surface area contributed by atoms with Crippen LogP contribution in [0.3, 0.4) is 0 Å². The quantitative estimate of drug-likeness (QED) is 0.905. The molecule has 5 heteroatoms. The first kappa shape index (κ1) is 14.9. The topological polar surface area (TPSA) is 21.3 Å². The average molecular weight is 342 g/mol. The molecule has 0 aliphatic rings. The van der Waals surface area contributed by atoms with Gasteiger partial charge in [-0.05, 0) is 35.1 Å². The van der Waals surface area contributed by atoms with Crippen molar-refractivity contribution >= 4 is 15.9 Å². The Morgan fingerprint density at radius 3 is 2.25 bits per heavy atom. The van der Waals surface area contributed by atoms with Crippen molar-refractivity contribution in [3.05, 3.63) is 63.6 Å². The van der Waals surface area contributed by atoms with Crippen molar-refractivity contribution < 1.29 is 13.5 Å². The van der Waals surface area contributed by atoms with E-state index in [9.17, 15) is 8.78 Å². The molecule has 0 aromatic heterocycles. The maximum atomic E-state index is 14.3. The minimum absolute atomic E-state index is 0.137. The van der Waals surface area contributed by atoms with E-state index in [-0.39, 0.29) is 5.75 Å². The van der Waals surface area contributed by atoms with Crippen LogP contribution in [0.5, 0.6) is 5.75 Å². The molecule has 0 spiro atoms. The summed E-state index contributed by atoms with van der Waals surface area (Å²) in [7, 11) is 3.06. The molecular weight excluding hydrogens is 328 g/mol. The molecule has 1 atom stereocenters. The van der Waals surface area contributed by atoms with Crippen molar-refractivity contribution in [3.8, 4) is 5.75 Å². The Morgan fingerprint density at radius 1 is 1.05 bits per heavy atom. The Bertz CT molecular complexity index is 619. The normalized spacial score (nSPS) is 12.2. The molecule has 0 aliphatic heterocycles. The molecular formula is C15H14BrF2NO. The fraction of sp³-hybridized carbons (Fsp3) is 0.200. The maximum Gasteiger partial charge on any atom is 0.170 e. The van der Waals surface area contributed by atoms with Crippen molar-refractivity contribution in [2.75, 3.05) is 14.2 Å². The van der Waals surface area contributed by atoms with Crippen LogP contribution in [0.2, 0.25) is 0 Å². The summed E-state index contributed by atoms with van der Waals surface area (Å²) in [4.78, 5) is 0. The molecule has 0 saturated carbocycles. The van der Waals surface area contributed by atoms with E-state index in [1.165, 1.54) is 13.2 Å². The summed E-state index contributed by atoms with van der Waals surface area (Å²) in [5.41, 5.74) is 0.706. The van der Waals surface area contributed by atoms with Gasteiger partial charge in [0.25, 0.3) is 0 Å². The Balaban J connectivity index is 2.56. The average Bonchev–Trinajstić information content (AvgIpc) is 2.46. The number of benzene rings is 2. The summed E-state index contributed by atoms with van der Waals surface area (Å²) in [6.45, 7) is 0. The highest BCUT2D eigenvalue weighted by atomic mass is 79.9. The van der Waals surface area contributed by atoms with E-state index in [0.29, 0.717) is 15.6 Å². The van der Waals surface area contributed by atoms with Crippen LogP contribution >= 0.6 is 15.9 Å². The Kier molecular flexibility index (Phi) is 4.73. The number of methoxy groups -OCH3 is 1. The van der Waals surface area contributed by atoms with Gasteiger partial charge >= 0.3 is 0 Å². The summed E-state index contributed by atoms with van der Waals surface area (Å²) in [6.07, 6.45) is 0. The molecule has 0 fully saturated rings. The maximum absolute atomic E-state index is 14.3. The highest BCUT2D eigenvalue weighted by Gasteiger charge is 2.22. The van der Waals surface area contributed by atoms with Gasteiger partial charge in [-0.1, -0.05) is 24.3 Å². The van der Waals surface area contributed by atoms with Crippen molar-refractivity contribution in [3.63, 3.8) is 0 Å². The molecule has 106 valence electrons. The minimum Gasteiger partial charge on any atom is -0.494 e. The van der Waals surface area contributed by atoms with Gasteiger partial charge in [-0.15, -0.1) is 0 Å². The molecule has 0 radical (unpaired) electrons. The predicted octanol–water partition coefficient (Wildman–Crippen LogP) is 4.04. The molecule has 2 rings (SSSR count). The summed E-state index contributed by atoms with van der Waals surface area (Å²) in [6, 6.07) is 9.17. The lowest BCUT2D eigenvalue weighted by Crippen LogP contribution is -2.20. The molecule has 0 heterocycles. The van der Waals surface area contributed by atoms with E-state index in [1.807, 2.05) is 0 Å². The van der Waals surface area contributed by atoms with Crippen LogP contribution in [-0.2, 0) is 0 Å². The number of nitrogens with one attached hydrogen (secondary N) is 1. The van der Waals surface area contributed by atoms with Gasteiger partial charge in [-0.2, -0.15) is 0 Å². The second kappa shape index (κ2) is 6.33. The van der Waals surface area contributed by atoms with Crippen LogP contribution in [0.4, 0.5) is 8.78 Å². The van der Waals surface area contributed by atoms with Gasteiger partial charge < -0.3 is 10.1 Å². The van der Waals surface area contributed by atoms with E-state index in [4.69, 9.17) is 4.74 Å². The smallest absolute Gasteiger partial charge is 0.170 e. The first-order valence-electron chi connectivity index (χ1n) is 6.03. The highest BCUT2D eigenvalue weighted by molar-refractivity contribution is 9.10. The molecule has 1 N–H and O–H groups in total. The summed E-state index contributed by atoms with van der Waals surface area (Å²) < 4.78 is 33.8. The number of ether oxygens (including phenoxy) is 1. The van der Waals surface area contributed by atoms with Crippen LogP contribution in [-0.4, -0.2) is 14.2 Å². The molecule has 2 aromatic carbocycles. The lowest BCUT2D eigenvalue weighted by molar-refractivity contribution is 0.382. The van der Waals surface area contributed by atoms with Gasteiger partial charge in [0.1, 0.15) is 5.82 Å². The lowest BCUT2D eigenvalue weighted by Gasteiger charge is -2.20. The third-order valence-electron chi connectivity index (χ3n) is 3.11. The van der Waals surface area contributed by atoms with Crippen molar-refractivity contribution in [1.29, 1.82) is 0 Å². The van der Waals surface area contributed by atoms with Crippen LogP contribution < -0.4 is 10.1 Å². The van der Waals surface area contributed by atoms with Crippen LogP contribution in [0, 0.1) is 11.6 Å². The summed E-state index contributed by atoms with van der Waals surface area (Å²) in [5, 5.41) is 2.94. The van der Waals surface area contributed by atoms with Gasteiger partial charge in [0.2, 0.25) is 0 Å². The van der Waals surface area contributed by atoms with E-state index >= 15 is 0 Å². The van der Waals surface area contributed by atoms with E-state index < -0.39 is 17.7 Å². The standard InChI is InChI=1S/C15H14BrF2NO/c1-19-15(9-5-3-7-11(16)13(9)17)10-6-4-8-12(20-2)14(10)18/h3-8,15,19H,1-2H3. The Morgan fingerprint density at radius 2 is 1.65 bits per heavy atom. The number of halogens is 3. The largest absolute Gasteiger partial charge is 0.494 e. The molecule has 0 aliphatic carbocycles. The van der Waals surface area contributed by atoms with Gasteiger partial charge in [0, 0.05) is 11.1 Å². The molecule has 2 aromatic rings. The molecule has 2 nitrogen and oxygen atoms in total. The van der Waals surface area contributed by atoms with E-state index in [1.54, 1.807) is 37.4 Å². The molecule has 20 heavy (non-hydrogen) atoms. The first-order chi connectivity index (χ1) is 9.60. The Hall–Kier alpha value is -1.46. The van der Waals surface area contributed by atoms with Crippen molar-refractivity contribution in [2.24, 2.45) is 0 Å². The second-order valence-corrected chi connectivity index (χ2v) is 5.08. The SMILES string of the molecule is CNC(c1cccc(Br)c1F)c1cccc(OC)c1F. The van der Waals surface area contributed by atoms with Crippen molar-refractivity contribution in [2.45, 2.75) is 6.04 Å².